The molecule has 0 saturated heterocycles. The van der Waals surface area contributed by atoms with E-state index in [1.165, 1.54) is 16.8 Å². The Morgan fingerprint density at radius 3 is 2.46 bits per heavy atom. The standard InChI is InChI=1S/C20H24Cl2N2O4/c1-12(2)11-24-9-7-14(17(25)20(24)27)19(26)23-13(3)8-10-28-18-15(21)5-4-6-16(18)22/h4-7,9,12-13,25H,8,10-11H2,1-3H3,(H,23,26). The summed E-state index contributed by atoms with van der Waals surface area (Å²) in [5.41, 5.74) is -0.627. The fourth-order valence-corrected chi connectivity index (χ4v) is 3.12. The molecule has 1 aromatic heterocycles. The van der Waals surface area contributed by atoms with E-state index in [2.05, 4.69) is 5.32 Å². The van der Waals surface area contributed by atoms with Gasteiger partial charge in [-0.25, -0.2) is 0 Å². The molecule has 28 heavy (non-hydrogen) atoms. The topological polar surface area (TPSA) is 80.6 Å². The van der Waals surface area contributed by atoms with Gasteiger partial charge in [-0.15, -0.1) is 0 Å². The van der Waals surface area contributed by atoms with Crippen LogP contribution >= 0.6 is 23.2 Å². The van der Waals surface area contributed by atoms with Gasteiger partial charge < -0.3 is 19.7 Å². The molecule has 0 saturated carbocycles. The number of hydrogen-bond donors (Lipinski definition) is 2. The van der Waals surface area contributed by atoms with E-state index in [0.717, 1.165) is 0 Å². The van der Waals surface area contributed by atoms with Gasteiger partial charge in [0.15, 0.2) is 11.5 Å². The summed E-state index contributed by atoms with van der Waals surface area (Å²) in [6, 6.07) is 6.27. The second-order valence-corrected chi connectivity index (χ2v) is 7.81. The first-order valence-corrected chi connectivity index (χ1v) is 9.76. The summed E-state index contributed by atoms with van der Waals surface area (Å²) in [4.78, 5) is 24.6. The molecule has 0 aliphatic rings. The quantitative estimate of drug-likeness (QED) is 0.665. The molecular formula is C20H24Cl2N2O4. The van der Waals surface area contributed by atoms with Gasteiger partial charge >= 0.3 is 0 Å². The number of nitrogens with zero attached hydrogens (tertiary/aromatic N) is 1. The summed E-state index contributed by atoms with van der Waals surface area (Å²) >= 11 is 12.1. The van der Waals surface area contributed by atoms with Crippen LogP contribution < -0.4 is 15.6 Å². The number of rotatable bonds is 8. The molecule has 6 nitrogen and oxygen atoms in total. The number of nitrogens with one attached hydrogen (secondary N) is 1. The van der Waals surface area contributed by atoms with Gasteiger partial charge in [0, 0.05) is 25.2 Å². The van der Waals surface area contributed by atoms with E-state index in [-0.39, 0.29) is 24.1 Å². The fraction of sp³-hybridized carbons (Fsp3) is 0.400. The molecule has 1 heterocycles. The lowest BCUT2D eigenvalue weighted by Crippen LogP contribution is -2.35. The molecule has 0 bridgehead atoms. The zero-order chi connectivity index (χ0) is 20.8. The van der Waals surface area contributed by atoms with Crippen LogP contribution in [0.2, 0.25) is 10.0 Å². The summed E-state index contributed by atoms with van der Waals surface area (Å²) in [6.45, 7) is 6.47. The Bertz CT molecular complexity index is 876. The van der Waals surface area contributed by atoms with Crippen molar-refractivity contribution >= 4 is 29.1 Å². The normalized spacial score (nSPS) is 12.1. The van der Waals surface area contributed by atoms with Crippen LogP contribution in [-0.2, 0) is 6.54 Å². The molecule has 8 heteroatoms. The van der Waals surface area contributed by atoms with Crippen LogP contribution in [0, 0.1) is 5.92 Å². The van der Waals surface area contributed by atoms with Crippen LogP contribution in [0.3, 0.4) is 0 Å². The lowest BCUT2D eigenvalue weighted by molar-refractivity contribution is 0.0932. The Labute approximate surface area is 174 Å². The summed E-state index contributed by atoms with van der Waals surface area (Å²) in [5, 5.41) is 13.7. The Morgan fingerprint density at radius 1 is 1.21 bits per heavy atom. The van der Waals surface area contributed by atoms with Crippen molar-refractivity contribution in [2.75, 3.05) is 6.61 Å². The van der Waals surface area contributed by atoms with Gasteiger partial charge in [-0.05, 0) is 31.0 Å². The maximum absolute atomic E-state index is 12.4. The summed E-state index contributed by atoms with van der Waals surface area (Å²) in [7, 11) is 0. The number of carbonyl (C=O) groups excluding carboxylic acids is 1. The van der Waals surface area contributed by atoms with Crippen molar-refractivity contribution in [2.45, 2.75) is 39.8 Å². The molecule has 1 atom stereocenters. The SMILES string of the molecule is CC(C)Cn1ccc(C(=O)NC(C)CCOc2c(Cl)cccc2Cl)c(O)c1=O. The Kier molecular flexibility index (Phi) is 7.78. The Morgan fingerprint density at radius 2 is 1.86 bits per heavy atom. The van der Waals surface area contributed by atoms with Crippen molar-refractivity contribution in [2.24, 2.45) is 5.92 Å². The Hall–Kier alpha value is -2.18. The number of amides is 1. The molecule has 1 aromatic carbocycles. The number of halogens is 2. The zero-order valence-electron chi connectivity index (χ0n) is 16.0. The average Bonchev–Trinajstić information content (AvgIpc) is 2.61. The van der Waals surface area contributed by atoms with Crippen LogP contribution in [0.4, 0.5) is 0 Å². The number of aromatic hydroxyl groups is 1. The fourth-order valence-electron chi connectivity index (χ4n) is 2.61. The molecule has 2 aromatic rings. The van der Waals surface area contributed by atoms with Gasteiger partial charge in [0.1, 0.15) is 0 Å². The summed E-state index contributed by atoms with van der Waals surface area (Å²) in [5.74, 6) is -0.430. The maximum atomic E-state index is 12.4. The van der Waals surface area contributed by atoms with Crippen molar-refractivity contribution in [3.05, 3.63) is 56.4 Å². The van der Waals surface area contributed by atoms with Crippen LogP contribution in [0.15, 0.2) is 35.3 Å². The molecule has 0 aliphatic carbocycles. The molecule has 2 N–H and O–H groups in total. The molecule has 0 radical (unpaired) electrons. The van der Waals surface area contributed by atoms with Crippen LogP contribution in [0.5, 0.6) is 11.5 Å². The minimum Gasteiger partial charge on any atom is -0.502 e. The molecular weight excluding hydrogens is 403 g/mol. The number of ether oxygens (including phenoxy) is 1. The van der Waals surface area contributed by atoms with Crippen LogP contribution in [0.25, 0.3) is 0 Å². The molecule has 0 fully saturated rings. The van der Waals surface area contributed by atoms with E-state index in [9.17, 15) is 14.7 Å². The lowest BCUT2D eigenvalue weighted by atomic mass is 10.1. The number of carbonyl (C=O) groups is 1. The first-order chi connectivity index (χ1) is 13.2. The van der Waals surface area contributed by atoms with Gasteiger partial charge in [0.2, 0.25) is 0 Å². The minimum atomic E-state index is -0.578. The minimum absolute atomic E-state index is 0.0491. The highest BCUT2D eigenvalue weighted by atomic mass is 35.5. The molecule has 1 unspecified atom stereocenters. The summed E-state index contributed by atoms with van der Waals surface area (Å²) in [6.07, 6.45) is 2.00. The lowest BCUT2D eigenvalue weighted by Gasteiger charge is -2.16. The highest BCUT2D eigenvalue weighted by Crippen LogP contribution is 2.32. The predicted octanol–water partition coefficient (Wildman–Crippen LogP) is 4.10. The van der Waals surface area contributed by atoms with Crippen molar-refractivity contribution in [1.29, 1.82) is 0 Å². The van der Waals surface area contributed by atoms with E-state index < -0.39 is 17.2 Å². The second kappa shape index (κ2) is 9.85. The number of hydrogen-bond acceptors (Lipinski definition) is 4. The predicted molar refractivity (Wildman–Crippen MR) is 111 cm³/mol. The van der Waals surface area contributed by atoms with Crippen molar-refractivity contribution in [1.82, 2.24) is 9.88 Å². The first kappa shape index (κ1) is 22.1. The smallest absolute Gasteiger partial charge is 0.293 e. The largest absolute Gasteiger partial charge is 0.502 e. The highest BCUT2D eigenvalue weighted by molar-refractivity contribution is 6.37. The van der Waals surface area contributed by atoms with Crippen molar-refractivity contribution < 1.29 is 14.6 Å². The monoisotopic (exact) mass is 426 g/mol. The highest BCUT2D eigenvalue weighted by Gasteiger charge is 2.18. The van der Waals surface area contributed by atoms with E-state index in [1.54, 1.807) is 25.1 Å². The number of para-hydroxylation sites is 1. The number of benzene rings is 1. The Balaban J connectivity index is 1.95. The number of aromatic nitrogens is 1. The number of pyridine rings is 1. The van der Waals surface area contributed by atoms with Gasteiger partial charge in [0.05, 0.1) is 22.2 Å². The van der Waals surface area contributed by atoms with E-state index in [4.69, 9.17) is 27.9 Å². The third-order valence-corrected chi connectivity index (χ3v) is 4.64. The van der Waals surface area contributed by atoms with E-state index in [0.29, 0.717) is 28.8 Å². The third kappa shape index (κ3) is 5.66. The van der Waals surface area contributed by atoms with Gasteiger partial charge in [-0.1, -0.05) is 43.1 Å². The molecule has 152 valence electrons. The average molecular weight is 427 g/mol. The first-order valence-electron chi connectivity index (χ1n) is 9.00. The molecule has 0 spiro atoms. The maximum Gasteiger partial charge on any atom is 0.293 e. The van der Waals surface area contributed by atoms with Gasteiger partial charge in [0.25, 0.3) is 11.5 Å². The van der Waals surface area contributed by atoms with E-state index >= 15 is 0 Å². The molecule has 1 amide bonds. The zero-order valence-corrected chi connectivity index (χ0v) is 17.5. The van der Waals surface area contributed by atoms with Gasteiger partial charge in [-0.2, -0.15) is 0 Å². The van der Waals surface area contributed by atoms with Gasteiger partial charge in [-0.3, -0.25) is 9.59 Å². The molecule has 2 rings (SSSR count). The van der Waals surface area contributed by atoms with Crippen molar-refractivity contribution in [3.8, 4) is 11.5 Å². The summed E-state index contributed by atoms with van der Waals surface area (Å²) < 4.78 is 6.99. The third-order valence-electron chi connectivity index (χ3n) is 4.04. The van der Waals surface area contributed by atoms with Crippen LogP contribution in [0.1, 0.15) is 37.6 Å². The van der Waals surface area contributed by atoms with Crippen molar-refractivity contribution in [3.63, 3.8) is 0 Å². The van der Waals surface area contributed by atoms with Crippen LogP contribution in [-0.4, -0.2) is 28.2 Å². The molecule has 0 aliphatic heterocycles. The second-order valence-electron chi connectivity index (χ2n) is 6.99. The van der Waals surface area contributed by atoms with E-state index in [1.807, 2.05) is 13.8 Å².